The summed E-state index contributed by atoms with van der Waals surface area (Å²) in [6.07, 6.45) is -0.142. The highest BCUT2D eigenvalue weighted by Gasteiger charge is 2.50. The summed E-state index contributed by atoms with van der Waals surface area (Å²) in [5.74, 6) is 0. The molecule has 0 aliphatic heterocycles. The van der Waals surface area contributed by atoms with Crippen molar-refractivity contribution in [2.45, 2.75) is 109 Å². The van der Waals surface area contributed by atoms with Gasteiger partial charge < -0.3 is 22.5 Å². The van der Waals surface area contributed by atoms with Crippen molar-refractivity contribution in [1.29, 1.82) is 0 Å². The molecule has 0 N–H and O–H groups in total. The minimum atomic E-state index is -1.89. The van der Waals surface area contributed by atoms with E-state index in [0.29, 0.717) is 6.42 Å². The normalized spacial score (nSPS) is 28.7. The topological polar surface area (TPSA) is 58.5 Å². The lowest BCUT2D eigenvalue weighted by molar-refractivity contribution is -0.0743. The Balaban J connectivity index is 3.50. The fourth-order valence-corrected chi connectivity index (χ4v) is 7.72. The van der Waals surface area contributed by atoms with Gasteiger partial charge in [-0.25, -0.2) is 0 Å². The molecule has 4 atom stereocenters. The summed E-state index contributed by atoms with van der Waals surface area (Å²) in [5.41, 5.74) is 0.872. The van der Waals surface area contributed by atoms with Crippen molar-refractivity contribution < 1.29 is 22.5 Å². The molecule has 0 bridgehead atoms. The zero-order chi connectivity index (χ0) is 22.8. The van der Waals surface area contributed by atoms with Crippen LogP contribution in [-0.4, -0.2) is 70.5 Å². The second-order valence-corrected chi connectivity index (χ2v) is 29.6. The smallest absolute Gasteiger partial charge is 0.184 e. The Hall–Kier alpha value is 0.178. The maximum absolute atomic E-state index is 6.75. The van der Waals surface area contributed by atoms with Crippen LogP contribution in [0.5, 0.6) is 0 Å². The van der Waals surface area contributed by atoms with Crippen LogP contribution in [0.25, 0.3) is 0 Å². The predicted octanol–water partition coefficient (Wildman–Crippen LogP) is 5.27. The molecule has 0 amide bonds. The molecule has 0 aromatic carbocycles. The van der Waals surface area contributed by atoms with Gasteiger partial charge in [-0.05, 0) is 78.6 Å². The third-order valence-electron chi connectivity index (χ3n) is 3.90. The maximum Gasteiger partial charge on any atom is 0.184 e. The molecule has 1 rings (SSSR count). The van der Waals surface area contributed by atoms with Gasteiger partial charge in [-0.1, -0.05) is 5.16 Å². The van der Waals surface area contributed by atoms with Crippen LogP contribution in [0, 0.1) is 0 Å². The number of nitrogens with zero attached hydrogens (tertiary/aromatic N) is 1. The minimum absolute atomic E-state index is 0.106. The zero-order valence-corrected chi connectivity index (χ0v) is 25.0. The van der Waals surface area contributed by atoms with Crippen LogP contribution in [0.15, 0.2) is 5.16 Å². The van der Waals surface area contributed by atoms with E-state index in [4.69, 9.17) is 22.5 Å². The van der Waals surface area contributed by atoms with Crippen LogP contribution in [0.3, 0.4) is 0 Å². The molecular formula is C19H45NO5Si4. The molecule has 172 valence electrons. The molecule has 29 heavy (non-hydrogen) atoms. The second-order valence-electron chi connectivity index (χ2n) is 11.8. The second kappa shape index (κ2) is 9.76. The molecular weight excluding hydrogens is 435 g/mol. The molecule has 0 aromatic rings. The SMILES string of the molecule is CON=C1CC(O[Si](C)(C)C)C(O[Si](C)(C)C)C(O[Si](C)(C)C)C1O[Si](C)(C)C. The lowest BCUT2D eigenvalue weighted by Crippen LogP contribution is -2.64. The Morgan fingerprint density at radius 2 is 1.03 bits per heavy atom. The van der Waals surface area contributed by atoms with E-state index >= 15 is 0 Å². The first-order valence-corrected chi connectivity index (χ1v) is 24.3. The van der Waals surface area contributed by atoms with E-state index in [1.807, 2.05) is 0 Å². The number of hydrogen-bond donors (Lipinski definition) is 0. The summed E-state index contributed by atoms with van der Waals surface area (Å²) >= 11 is 0. The summed E-state index contributed by atoms with van der Waals surface area (Å²) in [6, 6.07) is 0. The molecule has 1 saturated carbocycles. The van der Waals surface area contributed by atoms with E-state index in [9.17, 15) is 0 Å². The molecule has 6 nitrogen and oxygen atoms in total. The Morgan fingerprint density at radius 3 is 1.41 bits per heavy atom. The van der Waals surface area contributed by atoms with Gasteiger partial charge in [0.25, 0.3) is 0 Å². The van der Waals surface area contributed by atoms with Crippen LogP contribution < -0.4 is 0 Å². The van der Waals surface area contributed by atoms with E-state index < -0.39 is 33.3 Å². The third-order valence-corrected chi connectivity index (χ3v) is 7.83. The van der Waals surface area contributed by atoms with Crippen molar-refractivity contribution in [1.82, 2.24) is 0 Å². The summed E-state index contributed by atoms with van der Waals surface area (Å²) < 4.78 is 26.8. The molecule has 0 spiro atoms. The molecule has 1 fully saturated rings. The molecule has 0 radical (unpaired) electrons. The number of rotatable bonds is 9. The average molecular weight is 480 g/mol. The average Bonchev–Trinajstić information content (AvgIpc) is 2.41. The van der Waals surface area contributed by atoms with Gasteiger partial charge in [-0.3, -0.25) is 0 Å². The molecule has 1 aliphatic carbocycles. The molecule has 1 aliphatic rings. The Labute approximate surface area is 183 Å². The van der Waals surface area contributed by atoms with Gasteiger partial charge in [0, 0.05) is 6.42 Å². The summed E-state index contributed by atoms with van der Waals surface area (Å²) in [7, 11) is -5.83. The number of oxime groups is 1. The predicted molar refractivity (Wildman–Crippen MR) is 132 cm³/mol. The van der Waals surface area contributed by atoms with Gasteiger partial charge in [0.1, 0.15) is 19.3 Å². The van der Waals surface area contributed by atoms with E-state index in [2.05, 4.69) is 83.7 Å². The maximum atomic E-state index is 6.75. The van der Waals surface area contributed by atoms with E-state index in [1.165, 1.54) is 0 Å². The first-order chi connectivity index (χ1) is 12.8. The molecule has 0 saturated heterocycles. The Kier molecular flexibility index (Phi) is 9.16. The molecule has 10 heteroatoms. The van der Waals surface area contributed by atoms with E-state index in [0.717, 1.165) is 5.71 Å². The molecule has 0 heterocycles. The fraction of sp³-hybridized carbons (Fsp3) is 0.947. The zero-order valence-electron chi connectivity index (χ0n) is 21.0. The standard InChI is InChI=1S/C19H45NO5Si4/c1-21-20-15-14-16(22-26(2,3)4)18(24-28(8,9)10)19(25-29(11,12)13)17(15)23-27(5,6)7/h16-19H,14H2,1-13H3. The van der Waals surface area contributed by atoms with Crippen LogP contribution in [-0.2, 0) is 22.5 Å². The van der Waals surface area contributed by atoms with Crippen molar-refractivity contribution in [3.05, 3.63) is 0 Å². The van der Waals surface area contributed by atoms with Crippen LogP contribution in [0.2, 0.25) is 78.6 Å². The number of hydrogen-bond acceptors (Lipinski definition) is 6. The van der Waals surface area contributed by atoms with Crippen molar-refractivity contribution in [2.24, 2.45) is 5.16 Å². The van der Waals surface area contributed by atoms with Crippen molar-refractivity contribution in [2.75, 3.05) is 7.11 Å². The minimum Gasteiger partial charge on any atom is -0.412 e. The van der Waals surface area contributed by atoms with Gasteiger partial charge >= 0.3 is 0 Å². The van der Waals surface area contributed by atoms with Crippen LogP contribution >= 0.6 is 0 Å². The fourth-order valence-electron chi connectivity index (χ4n) is 3.39. The molecule has 4 unspecified atom stereocenters. The highest BCUT2D eigenvalue weighted by atomic mass is 28.4. The quantitative estimate of drug-likeness (QED) is 0.333. The first kappa shape index (κ1) is 27.2. The van der Waals surface area contributed by atoms with Crippen molar-refractivity contribution in [3.8, 4) is 0 Å². The Bertz CT molecular complexity index is 561. The van der Waals surface area contributed by atoms with Gasteiger partial charge in [-0.15, -0.1) is 0 Å². The Morgan fingerprint density at radius 1 is 0.621 bits per heavy atom. The van der Waals surface area contributed by atoms with E-state index in [1.54, 1.807) is 7.11 Å². The van der Waals surface area contributed by atoms with Crippen LogP contribution in [0.4, 0.5) is 0 Å². The van der Waals surface area contributed by atoms with Crippen molar-refractivity contribution >= 4 is 39.0 Å². The van der Waals surface area contributed by atoms with Gasteiger partial charge in [0.15, 0.2) is 33.3 Å². The van der Waals surface area contributed by atoms with Crippen molar-refractivity contribution in [3.63, 3.8) is 0 Å². The lowest BCUT2D eigenvalue weighted by Gasteiger charge is -2.49. The largest absolute Gasteiger partial charge is 0.412 e. The molecule has 0 aromatic heterocycles. The highest BCUT2D eigenvalue weighted by molar-refractivity contribution is 6.71. The third kappa shape index (κ3) is 10.4. The first-order valence-electron chi connectivity index (χ1n) is 10.6. The summed E-state index contributed by atoms with van der Waals surface area (Å²) in [4.78, 5) is 5.22. The van der Waals surface area contributed by atoms with Gasteiger partial charge in [0.05, 0.1) is 17.9 Å². The van der Waals surface area contributed by atoms with Gasteiger partial charge in [-0.2, -0.15) is 0 Å². The van der Waals surface area contributed by atoms with E-state index in [-0.39, 0.29) is 24.4 Å². The van der Waals surface area contributed by atoms with Gasteiger partial charge in [0.2, 0.25) is 0 Å². The summed E-state index contributed by atoms with van der Waals surface area (Å²) in [6.45, 7) is 26.5. The summed E-state index contributed by atoms with van der Waals surface area (Å²) in [5, 5.41) is 4.38. The lowest BCUT2D eigenvalue weighted by atomic mass is 9.88. The monoisotopic (exact) mass is 479 g/mol. The highest BCUT2D eigenvalue weighted by Crippen LogP contribution is 2.34. The van der Waals surface area contributed by atoms with Crippen LogP contribution in [0.1, 0.15) is 6.42 Å².